The van der Waals surface area contributed by atoms with E-state index in [-0.39, 0.29) is 6.03 Å². The molecule has 1 aromatic rings. The molecule has 140 valence electrons. The number of carbonyl (C=O) groups is 1. The van der Waals surface area contributed by atoms with E-state index in [1.807, 2.05) is 29.0 Å². The monoisotopic (exact) mass is 348 g/mol. The van der Waals surface area contributed by atoms with Gasteiger partial charge in [0.05, 0.1) is 11.9 Å². The van der Waals surface area contributed by atoms with Gasteiger partial charge in [0.1, 0.15) is 0 Å². The number of aromatic nitrogens is 2. The third-order valence-corrected chi connectivity index (χ3v) is 5.61. The lowest BCUT2D eigenvalue weighted by atomic mass is 9.98. The van der Waals surface area contributed by atoms with Gasteiger partial charge in [-0.25, -0.2) is 4.79 Å². The van der Waals surface area contributed by atoms with E-state index < -0.39 is 0 Å². The van der Waals surface area contributed by atoms with E-state index in [1.54, 1.807) is 0 Å². The number of amides is 2. The Kier molecular flexibility index (Phi) is 5.83. The average molecular weight is 348 g/mol. The van der Waals surface area contributed by atoms with E-state index in [4.69, 9.17) is 0 Å². The van der Waals surface area contributed by atoms with E-state index in [1.165, 1.54) is 12.8 Å². The molecule has 2 saturated heterocycles. The van der Waals surface area contributed by atoms with Gasteiger partial charge >= 0.3 is 6.03 Å². The topological polar surface area (TPSA) is 56.6 Å². The van der Waals surface area contributed by atoms with Crippen LogP contribution in [0.3, 0.4) is 0 Å². The summed E-state index contributed by atoms with van der Waals surface area (Å²) in [4.78, 5) is 19.2. The minimum absolute atomic E-state index is 0.0723. The molecule has 2 aliphatic rings. The van der Waals surface area contributed by atoms with Gasteiger partial charge in [0.2, 0.25) is 0 Å². The van der Waals surface area contributed by atoms with E-state index in [2.05, 4.69) is 34.1 Å². The standard InChI is InChI=1S/C18H32N6O/c1-15-4-6-22(7-5-15)16(2)12-19-18(25)24-10-8-23(9-11-24)17-13-20-21(3)14-17/h13-16H,4-12H2,1-3H3,(H,19,25). The molecule has 0 bridgehead atoms. The highest BCUT2D eigenvalue weighted by atomic mass is 16.2. The first kappa shape index (κ1) is 18.0. The van der Waals surface area contributed by atoms with Gasteiger partial charge < -0.3 is 15.1 Å². The van der Waals surface area contributed by atoms with Crippen LogP contribution in [0.1, 0.15) is 26.7 Å². The number of nitrogens with one attached hydrogen (secondary N) is 1. The van der Waals surface area contributed by atoms with Crippen molar-refractivity contribution in [1.29, 1.82) is 0 Å². The molecule has 2 fully saturated rings. The van der Waals surface area contributed by atoms with Gasteiger partial charge in [-0.05, 0) is 38.8 Å². The lowest BCUT2D eigenvalue weighted by molar-refractivity contribution is 0.141. The minimum atomic E-state index is 0.0723. The Balaban J connectivity index is 1.39. The fraction of sp³-hybridized carbons (Fsp3) is 0.778. The first-order valence-corrected chi connectivity index (χ1v) is 9.53. The third kappa shape index (κ3) is 4.66. The van der Waals surface area contributed by atoms with Gasteiger partial charge in [-0.3, -0.25) is 9.58 Å². The number of carbonyl (C=O) groups excluding carboxylic acids is 1. The van der Waals surface area contributed by atoms with Gasteiger partial charge in [-0.15, -0.1) is 0 Å². The maximum atomic E-state index is 12.4. The van der Waals surface area contributed by atoms with Crippen molar-refractivity contribution in [2.24, 2.45) is 13.0 Å². The molecule has 0 spiro atoms. The van der Waals surface area contributed by atoms with E-state index >= 15 is 0 Å². The molecule has 1 atom stereocenters. The average Bonchev–Trinajstić information content (AvgIpc) is 3.06. The second-order valence-electron chi connectivity index (χ2n) is 7.60. The van der Waals surface area contributed by atoms with Crippen LogP contribution in [0.4, 0.5) is 10.5 Å². The van der Waals surface area contributed by atoms with Crippen LogP contribution in [0, 0.1) is 5.92 Å². The number of piperidine rings is 1. The maximum absolute atomic E-state index is 12.4. The van der Waals surface area contributed by atoms with Crippen molar-refractivity contribution in [2.75, 3.05) is 50.7 Å². The summed E-state index contributed by atoms with van der Waals surface area (Å²) in [6, 6.07) is 0.483. The summed E-state index contributed by atoms with van der Waals surface area (Å²) in [5, 5.41) is 7.35. The Hall–Kier alpha value is -1.76. The molecule has 1 aromatic heterocycles. The smallest absolute Gasteiger partial charge is 0.317 e. The Morgan fingerprint density at radius 1 is 1.24 bits per heavy atom. The highest BCUT2D eigenvalue weighted by molar-refractivity contribution is 5.74. The normalized spacial score (nSPS) is 21.4. The molecule has 3 rings (SSSR count). The number of nitrogens with zero attached hydrogens (tertiary/aromatic N) is 5. The van der Waals surface area contributed by atoms with Gasteiger partial charge in [0.25, 0.3) is 0 Å². The van der Waals surface area contributed by atoms with Crippen molar-refractivity contribution in [2.45, 2.75) is 32.7 Å². The van der Waals surface area contributed by atoms with Crippen LogP contribution in [0.15, 0.2) is 12.4 Å². The molecular formula is C18H32N6O. The van der Waals surface area contributed by atoms with Crippen LogP contribution < -0.4 is 10.2 Å². The molecule has 0 aliphatic carbocycles. The Morgan fingerprint density at radius 2 is 1.92 bits per heavy atom. The number of aryl methyl sites for hydroxylation is 1. The molecule has 25 heavy (non-hydrogen) atoms. The number of anilines is 1. The molecule has 2 amide bonds. The number of likely N-dealkylation sites (tertiary alicyclic amines) is 1. The predicted octanol–water partition coefficient (Wildman–Crippen LogP) is 1.37. The fourth-order valence-electron chi connectivity index (χ4n) is 3.68. The zero-order valence-corrected chi connectivity index (χ0v) is 15.8. The zero-order valence-electron chi connectivity index (χ0n) is 15.8. The van der Waals surface area contributed by atoms with Gasteiger partial charge in [0.15, 0.2) is 0 Å². The molecule has 1 unspecified atom stereocenters. The lowest BCUT2D eigenvalue weighted by Crippen LogP contribution is -2.54. The van der Waals surface area contributed by atoms with Crippen LogP contribution >= 0.6 is 0 Å². The van der Waals surface area contributed by atoms with Crippen LogP contribution in [0.2, 0.25) is 0 Å². The summed E-state index contributed by atoms with van der Waals surface area (Å²) in [5.74, 6) is 0.842. The number of rotatable bonds is 4. The van der Waals surface area contributed by atoms with Crippen molar-refractivity contribution in [3.8, 4) is 0 Å². The fourth-order valence-corrected chi connectivity index (χ4v) is 3.68. The van der Waals surface area contributed by atoms with E-state index in [9.17, 15) is 4.79 Å². The highest BCUT2D eigenvalue weighted by Crippen LogP contribution is 2.18. The number of piperazine rings is 1. The maximum Gasteiger partial charge on any atom is 0.317 e. The van der Waals surface area contributed by atoms with Crippen LogP contribution in [0.25, 0.3) is 0 Å². The SMILES string of the molecule is CC1CCN(C(C)CNC(=O)N2CCN(c3cnn(C)c3)CC2)CC1. The zero-order chi connectivity index (χ0) is 17.8. The Labute approximate surface area is 150 Å². The first-order valence-electron chi connectivity index (χ1n) is 9.53. The molecule has 7 nitrogen and oxygen atoms in total. The largest absolute Gasteiger partial charge is 0.365 e. The molecule has 3 heterocycles. The molecule has 0 radical (unpaired) electrons. The number of hydrogen-bond donors (Lipinski definition) is 1. The highest BCUT2D eigenvalue weighted by Gasteiger charge is 2.24. The predicted molar refractivity (Wildman–Crippen MR) is 99.8 cm³/mol. The summed E-state index contributed by atoms with van der Waals surface area (Å²) >= 11 is 0. The molecular weight excluding hydrogens is 316 g/mol. The Bertz CT molecular complexity index is 558. The van der Waals surface area contributed by atoms with Crippen molar-refractivity contribution in [3.05, 3.63) is 12.4 Å². The molecule has 0 aromatic carbocycles. The summed E-state index contributed by atoms with van der Waals surface area (Å²) < 4.78 is 1.82. The second kappa shape index (κ2) is 8.08. The van der Waals surface area contributed by atoms with Crippen molar-refractivity contribution in [3.63, 3.8) is 0 Å². The van der Waals surface area contributed by atoms with Crippen molar-refractivity contribution in [1.82, 2.24) is 24.9 Å². The summed E-state index contributed by atoms with van der Waals surface area (Å²) in [5.41, 5.74) is 1.13. The summed E-state index contributed by atoms with van der Waals surface area (Å²) in [6.45, 7) is 10.8. The second-order valence-corrected chi connectivity index (χ2v) is 7.60. The summed E-state index contributed by atoms with van der Waals surface area (Å²) in [7, 11) is 1.93. The van der Waals surface area contributed by atoms with Crippen molar-refractivity contribution < 1.29 is 4.79 Å². The number of urea groups is 1. The third-order valence-electron chi connectivity index (χ3n) is 5.61. The van der Waals surface area contributed by atoms with E-state index in [0.29, 0.717) is 6.04 Å². The first-order chi connectivity index (χ1) is 12.0. The molecule has 2 aliphatic heterocycles. The number of hydrogen-bond acceptors (Lipinski definition) is 4. The molecule has 0 saturated carbocycles. The quantitative estimate of drug-likeness (QED) is 0.893. The van der Waals surface area contributed by atoms with Gasteiger partial charge in [0, 0.05) is 52.0 Å². The minimum Gasteiger partial charge on any atom is -0.365 e. The van der Waals surface area contributed by atoms with Crippen LogP contribution in [-0.4, -0.2) is 77.5 Å². The summed E-state index contributed by atoms with van der Waals surface area (Å²) in [6.07, 6.45) is 6.46. The van der Waals surface area contributed by atoms with Crippen LogP contribution in [-0.2, 0) is 7.05 Å². The molecule has 1 N–H and O–H groups in total. The Morgan fingerprint density at radius 3 is 2.52 bits per heavy atom. The van der Waals surface area contributed by atoms with Crippen molar-refractivity contribution >= 4 is 11.7 Å². The molecule has 7 heteroatoms. The lowest BCUT2D eigenvalue weighted by Gasteiger charge is -2.37. The van der Waals surface area contributed by atoms with Crippen LogP contribution in [0.5, 0.6) is 0 Å². The van der Waals surface area contributed by atoms with Gasteiger partial charge in [-0.1, -0.05) is 6.92 Å². The van der Waals surface area contributed by atoms with Gasteiger partial charge in [-0.2, -0.15) is 5.10 Å². The van der Waals surface area contributed by atoms with E-state index in [0.717, 1.165) is 57.4 Å².